The van der Waals surface area contributed by atoms with E-state index in [1.165, 1.54) is 24.3 Å². The van der Waals surface area contributed by atoms with Crippen LogP contribution < -0.4 is 21.6 Å². The number of rotatable bonds is 6. The van der Waals surface area contributed by atoms with Gasteiger partial charge in [-0.2, -0.15) is 0 Å². The summed E-state index contributed by atoms with van der Waals surface area (Å²) in [6.45, 7) is 1.89. The van der Waals surface area contributed by atoms with E-state index < -0.39 is 6.09 Å². The first-order valence-electron chi connectivity index (χ1n) is 10.5. The molecule has 0 atom stereocenters. The van der Waals surface area contributed by atoms with Gasteiger partial charge in [0, 0.05) is 7.05 Å². The molecule has 1 heterocycles. The molecule has 0 bridgehead atoms. The van der Waals surface area contributed by atoms with E-state index in [-0.39, 0.29) is 23.7 Å². The summed E-state index contributed by atoms with van der Waals surface area (Å²) in [5.41, 5.74) is 7.83. The van der Waals surface area contributed by atoms with Crippen LogP contribution in [-0.4, -0.2) is 35.3 Å². The standard InChI is InChI=1S/C21H33N5O3/c1-14-18(28-15-8-4-3-5-9-15)13-12-17(24-14)19(22)20(26(2)23)25-21(27)29-16-10-6-7-11-16/h12-13,15-16H,3-11,22-23H2,1-2H3,(H,25,27)/b20-19-. The number of nitrogens with two attached hydrogens (primary N) is 2. The van der Waals surface area contributed by atoms with Crippen LogP contribution >= 0.6 is 0 Å². The molecule has 0 aliphatic heterocycles. The third-order valence-electron chi connectivity index (χ3n) is 5.56. The van der Waals surface area contributed by atoms with Crippen molar-refractivity contribution in [3.63, 3.8) is 0 Å². The van der Waals surface area contributed by atoms with Crippen molar-refractivity contribution >= 4 is 11.8 Å². The average molecular weight is 404 g/mol. The number of nitrogens with one attached hydrogen (secondary N) is 1. The number of hydrogen-bond acceptors (Lipinski definition) is 7. The van der Waals surface area contributed by atoms with Crippen LogP contribution in [0.25, 0.3) is 5.70 Å². The van der Waals surface area contributed by atoms with Gasteiger partial charge in [0.05, 0.1) is 17.5 Å². The van der Waals surface area contributed by atoms with Crippen LogP contribution in [0.5, 0.6) is 5.75 Å². The summed E-state index contributed by atoms with van der Waals surface area (Å²) in [6, 6.07) is 3.66. The monoisotopic (exact) mass is 403 g/mol. The van der Waals surface area contributed by atoms with Crippen molar-refractivity contribution in [2.45, 2.75) is 76.9 Å². The van der Waals surface area contributed by atoms with Crippen molar-refractivity contribution in [1.29, 1.82) is 0 Å². The topological polar surface area (TPSA) is 116 Å². The lowest BCUT2D eigenvalue weighted by Gasteiger charge is -2.24. The molecular formula is C21H33N5O3. The maximum atomic E-state index is 12.2. The Kier molecular flexibility index (Phi) is 7.19. The van der Waals surface area contributed by atoms with Crippen LogP contribution in [0.4, 0.5) is 4.79 Å². The van der Waals surface area contributed by atoms with E-state index in [0.717, 1.165) is 50.0 Å². The Morgan fingerprint density at radius 1 is 1.10 bits per heavy atom. The van der Waals surface area contributed by atoms with Crippen LogP contribution in [0.15, 0.2) is 18.0 Å². The summed E-state index contributed by atoms with van der Waals surface area (Å²) in [6.07, 6.45) is 9.46. The maximum absolute atomic E-state index is 12.2. The Bertz CT molecular complexity index is 738. The maximum Gasteiger partial charge on any atom is 0.413 e. The second kappa shape index (κ2) is 9.82. The van der Waals surface area contributed by atoms with Crippen LogP contribution in [0, 0.1) is 6.92 Å². The Morgan fingerprint density at radius 3 is 2.34 bits per heavy atom. The Balaban J connectivity index is 1.71. The minimum Gasteiger partial charge on any atom is -0.489 e. The van der Waals surface area contributed by atoms with Crippen LogP contribution in [-0.2, 0) is 4.74 Å². The molecule has 0 aromatic carbocycles. The molecule has 2 aliphatic carbocycles. The predicted octanol–water partition coefficient (Wildman–Crippen LogP) is 3.16. The number of amides is 1. The van der Waals surface area contributed by atoms with Crippen LogP contribution in [0.1, 0.15) is 69.2 Å². The van der Waals surface area contributed by atoms with Crippen molar-refractivity contribution < 1.29 is 14.3 Å². The van der Waals surface area contributed by atoms with Crippen molar-refractivity contribution in [3.05, 3.63) is 29.3 Å². The highest BCUT2D eigenvalue weighted by Crippen LogP contribution is 2.26. The molecule has 2 aliphatic rings. The lowest BCUT2D eigenvalue weighted by atomic mass is 9.98. The van der Waals surface area contributed by atoms with E-state index in [0.29, 0.717) is 5.69 Å². The smallest absolute Gasteiger partial charge is 0.413 e. The largest absolute Gasteiger partial charge is 0.489 e. The fraction of sp³-hybridized carbons (Fsp3) is 0.619. The van der Waals surface area contributed by atoms with Gasteiger partial charge >= 0.3 is 6.09 Å². The van der Waals surface area contributed by atoms with Gasteiger partial charge in [-0.3, -0.25) is 10.3 Å². The second-order valence-electron chi connectivity index (χ2n) is 7.97. The predicted molar refractivity (Wildman–Crippen MR) is 111 cm³/mol. The quantitative estimate of drug-likeness (QED) is 0.493. The van der Waals surface area contributed by atoms with Crippen molar-refractivity contribution in [2.75, 3.05) is 7.05 Å². The third kappa shape index (κ3) is 5.76. The molecule has 8 heteroatoms. The summed E-state index contributed by atoms with van der Waals surface area (Å²) >= 11 is 0. The van der Waals surface area contributed by atoms with Gasteiger partial charge in [0.25, 0.3) is 0 Å². The minimum atomic E-state index is -0.555. The zero-order valence-corrected chi connectivity index (χ0v) is 17.4. The molecule has 0 unspecified atom stereocenters. The molecule has 2 saturated carbocycles. The number of alkyl carbamates (subject to hydrolysis) is 1. The number of ether oxygens (including phenoxy) is 2. The SMILES string of the molecule is Cc1nc(/C(N)=C(\NC(=O)OC2CCCC2)N(C)N)ccc1OC1CCCCC1. The molecule has 160 valence electrons. The van der Waals surface area contributed by atoms with E-state index in [4.69, 9.17) is 21.1 Å². The fourth-order valence-corrected chi connectivity index (χ4v) is 3.94. The number of hydrazine groups is 1. The van der Waals surface area contributed by atoms with E-state index in [2.05, 4.69) is 10.3 Å². The first-order valence-corrected chi connectivity index (χ1v) is 10.5. The number of aryl methyl sites for hydroxylation is 1. The van der Waals surface area contributed by atoms with Gasteiger partial charge in [0.2, 0.25) is 0 Å². The van der Waals surface area contributed by atoms with Crippen LogP contribution in [0.2, 0.25) is 0 Å². The number of pyridine rings is 1. The second-order valence-corrected chi connectivity index (χ2v) is 7.97. The highest BCUT2D eigenvalue weighted by atomic mass is 16.6. The number of hydrogen-bond donors (Lipinski definition) is 3. The van der Waals surface area contributed by atoms with E-state index >= 15 is 0 Å². The molecule has 2 fully saturated rings. The molecule has 1 aromatic rings. The lowest BCUT2D eigenvalue weighted by molar-refractivity contribution is 0.101. The van der Waals surface area contributed by atoms with Gasteiger partial charge in [-0.1, -0.05) is 6.42 Å². The fourth-order valence-electron chi connectivity index (χ4n) is 3.94. The molecular weight excluding hydrogens is 370 g/mol. The minimum absolute atomic E-state index is 0.0443. The molecule has 1 aromatic heterocycles. The van der Waals surface area contributed by atoms with Gasteiger partial charge in [-0.05, 0) is 70.4 Å². The van der Waals surface area contributed by atoms with Gasteiger partial charge in [-0.15, -0.1) is 0 Å². The van der Waals surface area contributed by atoms with Gasteiger partial charge in [0.15, 0.2) is 5.82 Å². The highest BCUT2D eigenvalue weighted by molar-refractivity contribution is 5.74. The van der Waals surface area contributed by atoms with E-state index in [1.807, 2.05) is 13.0 Å². The molecule has 8 nitrogen and oxygen atoms in total. The molecule has 0 spiro atoms. The van der Waals surface area contributed by atoms with Gasteiger partial charge in [0.1, 0.15) is 17.6 Å². The van der Waals surface area contributed by atoms with Crippen molar-refractivity contribution in [3.8, 4) is 5.75 Å². The van der Waals surface area contributed by atoms with E-state index in [1.54, 1.807) is 13.1 Å². The Hall–Kier alpha value is -2.48. The average Bonchev–Trinajstić information content (AvgIpc) is 3.20. The normalized spacial score (nSPS) is 18.9. The molecule has 3 rings (SSSR count). The number of aromatic nitrogens is 1. The molecule has 0 saturated heterocycles. The molecule has 29 heavy (non-hydrogen) atoms. The highest BCUT2D eigenvalue weighted by Gasteiger charge is 2.22. The van der Waals surface area contributed by atoms with Gasteiger partial charge in [-0.25, -0.2) is 15.6 Å². The van der Waals surface area contributed by atoms with Gasteiger partial charge < -0.3 is 15.2 Å². The summed E-state index contributed by atoms with van der Waals surface area (Å²) in [5, 5.41) is 3.92. The van der Waals surface area contributed by atoms with E-state index in [9.17, 15) is 4.79 Å². The third-order valence-corrected chi connectivity index (χ3v) is 5.56. The zero-order valence-electron chi connectivity index (χ0n) is 17.4. The first-order chi connectivity index (χ1) is 13.9. The summed E-state index contributed by atoms with van der Waals surface area (Å²) < 4.78 is 11.6. The summed E-state index contributed by atoms with van der Waals surface area (Å²) in [4.78, 5) is 16.8. The Morgan fingerprint density at radius 2 is 1.72 bits per heavy atom. The molecule has 1 amide bonds. The molecule has 0 radical (unpaired) electrons. The van der Waals surface area contributed by atoms with Crippen molar-refractivity contribution in [1.82, 2.24) is 15.3 Å². The number of carbonyl (C=O) groups excluding carboxylic acids is 1. The Labute approximate surface area is 172 Å². The number of nitrogens with zero attached hydrogens (tertiary/aromatic N) is 2. The summed E-state index contributed by atoms with van der Waals surface area (Å²) in [7, 11) is 1.60. The van der Waals surface area contributed by atoms with Crippen molar-refractivity contribution in [2.24, 2.45) is 11.6 Å². The lowest BCUT2D eigenvalue weighted by Crippen LogP contribution is -2.40. The first kappa shape index (κ1) is 21.2. The molecule has 5 N–H and O–H groups in total. The number of carbonyl (C=O) groups is 1. The van der Waals surface area contributed by atoms with Crippen LogP contribution in [0.3, 0.4) is 0 Å². The summed E-state index contributed by atoms with van der Waals surface area (Å²) in [5.74, 6) is 6.91. The zero-order chi connectivity index (χ0) is 20.8.